The van der Waals surface area contributed by atoms with Gasteiger partial charge in [-0.2, -0.15) is 22.4 Å². The molecule has 4 rings (SSSR count). The highest BCUT2D eigenvalue weighted by Crippen LogP contribution is 2.31. The number of rotatable bonds is 5. The molecule has 154 valence electrons. The number of aliphatic hydroxyl groups excluding tert-OH is 2. The van der Waals surface area contributed by atoms with Crippen LogP contribution in [0, 0.1) is 0 Å². The lowest BCUT2D eigenvalue weighted by Crippen LogP contribution is -2.45. The molecular weight excluding hydrogens is 394 g/mol. The summed E-state index contributed by atoms with van der Waals surface area (Å²) >= 11 is 0. The molecule has 2 aromatic rings. The van der Waals surface area contributed by atoms with Gasteiger partial charge in [-0.3, -0.25) is 14.3 Å². The largest absolute Gasteiger partial charge is 0.387 e. The number of ether oxygens (including phenoxy) is 1. The molecule has 13 nitrogen and oxygen atoms in total. The van der Waals surface area contributed by atoms with Crippen molar-refractivity contribution in [3.8, 4) is 0 Å². The number of anilines is 1. The molecule has 2 aliphatic rings. The van der Waals surface area contributed by atoms with Gasteiger partial charge in [0.25, 0.3) is 15.8 Å². The molecule has 2 aliphatic heterocycles. The molecule has 6 N–H and O–H groups in total. The highest BCUT2D eigenvalue weighted by molar-refractivity contribution is 7.87. The first-order valence-electron chi connectivity index (χ1n) is 8.76. The van der Waals surface area contributed by atoms with E-state index in [2.05, 4.69) is 19.7 Å². The Morgan fingerprint density at radius 2 is 2.04 bits per heavy atom. The van der Waals surface area contributed by atoms with Crippen LogP contribution in [0.2, 0.25) is 0 Å². The van der Waals surface area contributed by atoms with Crippen LogP contribution in [0.15, 0.2) is 11.1 Å². The maximum Gasteiger partial charge on any atom is 0.280 e. The fraction of sp³-hybridized carbons (Fsp3) is 0.643. The van der Waals surface area contributed by atoms with Crippen LogP contribution in [0.4, 0.5) is 5.95 Å². The maximum absolute atomic E-state index is 12.3. The zero-order valence-electron chi connectivity index (χ0n) is 14.7. The number of aromatic amines is 1. The molecule has 0 aliphatic carbocycles. The highest BCUT2D eigenvalue weighted by Gasteiger charge is 2.45. The number of nitrogens with one attached hydrogen (secondary N) is 2. The third-order valence-corrected chi connectivity index (χ3v) is 6.51. The minimum absolute atomic E-state index is 0.00215. The van der Waals surface area contributed by atoms with Crippen LogP contribution in [0.5, 0.6) is 0 Å². The molecule has 0 amide bonds. The van der Waals surface area contributed by atoms with E-state index in [0.29, 0.717) is 13.1 Å². The highest BCUT2D eigenvalue weighted by atomic mass is 32.2. The van der Waals surface area contributed by atoms with E-state index in [-0.39, 0.29) is 23.7 Å². The molecule has 0 bridgehead atoms. The summed E-state index contributed by atoms with van der Waals surface area (Å²) in [6.07, 6.45) is -2.03. The van der Waals surface area contributed by atoms with Crippen molar-refractivity contribution in [2.24, 2.45) is 0 Å². The van der Waals surface area contributed by atoms with Gasteiger partial charge >= 0.3 is 0 Å². The summed E-state index contributed by atoms with van der Waals surface area (Å²) in [4.78, 5) is 22.1. The van der Waals surface area contributed by atoms with E-state index in [9.17, 15) is 23.4 Å². The van der Waals surface area contributed by atoms with E-state index in [4.69, 9.17) is 10.5 Å². The fourth-order valence-corrected chi connectivity index (χ4v) is 4.76. The fourth-order valence-electron chi connectivity index (χ4n) is 3.46. The lowest BCUT2D eigenvalue weighted by Gasteiger charge is -2.19. The Hall–Kier alpha value is -2.10. The zero-order valence-corrected chi connectivity index (χ0v) is 15.5. The van der Waals surface area contributed by atoms with Crippen molar-refractivity contribution in [2.45, 2.75) is 37.4 Å². The number of hydrogen-bond acceptors (Lipinski definition) is 9. The van der Waals surface area contributed by atoms with E-state index in [1.54, 1.807) is 0 Å². The van der Waals surface area contributed by atoms with Crippen molar-refractivity contribution >= 4 is 27.3 Å². The quantitative estimate of drug-likeness (QED) is 0.345. The van der Waals surface area contributed by atoms with Gasteiger partial charge in [0.05, 0.1) is 6.33 Å². The van der Waals surface area contributed by atoms with Gasteiger partial charge in [-0.05, 0) is 12.8 Å². The average molecular weight is 415 g/mol. The first kappa shape index (κ1) is 19.2. The maximum atomic E-state index is 12.3. The Morgan fingerprint density at radius 3 is 2.75 bits per heavy atom. The Morgan fingerprint density at radius 1 is 1.32 bits per heavy atom. The summed E-state index contributed by atoms with van der Waals surface area (Å²) in [6.45, 7) is 0.658. The third-order valence-electron chi connectivity index (χ3n) is 4.93. The number of aromatic nitrogens is 4. The van der Waals surface area contributed by atoms with Gasteiger partial charge in [-0.15, -0.1) is 0 Å². The number of nitrogen functional groups attached to an aromatic ring is 1. The van der Waals surface area contributed by atoms with Gasteiger partial charge in [-0.25, -0.2) is 4.98 Å². The molecule has 4 atom stereocenters. The van der Waals surface area contributed by atoms with Crippen molar-refractivity contribution in [3.63, 3.8) is 0 Å². The minimum atomic E-state index is -3.69. The van der Waals surface area contributed by atoms with E-state index < -0.39 is 40.3 Å². The predicted molar refractivity (Wildman–Crippen MR) is 96.2 cm³/mol. The van der Waals surface area contributed by atoms with E-state index >= 15 is 0 Å². The second-order valence-corrected chi connectivity index (χ2v) is 8.54. The molecule has 4 heterocycles. The van der Waals surface area contributed by atoms with Crippen molar-refractivity contribution < 1.29 is 23.4 Å². The summed E-state index contributed by atoms with van der Waals surface area (Å²) < 4.78 is 35.2. The molecule has 2 aromatic heterocycles. The Bertz CT molecular complexity index is 1030. The third kappa shape index (κ3) is 3.27. The standard InChI is InChI=1S/C14H21N7O6S/c15-14-18-11-8(12(24)19-14)16-6-21(11)13-10(23)9(22)7(27-13)5-17-28(25,26)20-3-1-2-4-20/h6-7,9-10,13,17,22-23H,1-5H2,(H3,15,18,19,24)/t7-,9-,10-,13-/m1/s1. The summed E-state index contributed by atoms with van der Waals surface area (Å²) in [7, 11) is -3.69. The lowest BCUT2D eigenvalue weighted by molar-refractivity contribution is -0.0330. The Labute approximate surface area is 159 Å². The molecule has 0 saturated carbocycles. The van der Waals surface area contributed by atoms with Crippen molar-refractivity contribution in [1.29, 1.82) is 0 Å². The number of aliphatic hydroxyl groups is 2. The van der Waals surface area contributed by atoms with Gasteiger partial charge in [0.1, 0.15) is 18.3 Å². The molecule has 2 saturated heterocycles. The molecule has 2 fully saturated rings. The summed E-state index contributed by atoms with van der Waals surface area (Å²) in [5.74, 6) is -0.137. The second kappa shape index (κ2) is 7.06. The average Bonchev–Trinajstić information content (AvgIpc) is 3.35. The first-order valence-corrected chi connectivity index (χ1v) is 10.2. The van der Waals surface area contributed by atoms with Gasteiger partial charge in [0, 0.05) is 19.6 Å². The topological polar surface area (TPSA) is 189 Å². The molecule has 0 radical (unpaired) electrons. The summed E-state index contributed by atoms with van der Waals surface area (Å²) in [6, 6.07) is 0. The number of fused-ring (bicyclic) bond motifs is 1. The van der Waals surface area contributed by atoms with Crippen LogP contribution in [-0.2, 0) is 14.9 Å². The Balaban J connectivity index is 1.53. The van der Waals surface area contributed by atoms with Crippen LogP contribution >= 0.6 is 0 Å². The lowest BCUT2D eigenvalue weighted by atomic mass is 10.1. The van der Waals surface area contributed by atoms with Gasteiger partial charge in [0.2, 0.25) is 5.95 Å². The summed E-state index contributed by atoms with van der Waals surface area (Å²) in [5, 5.41) is 20.7. The first-order chi connectivity index (χ1) is 13.3. The normalized spacial score (nSPS) is 29.1. The smallest absolute Gasteiger partial charge is 0.280 e. The SMILES string of the molecule is Nc1nc2c(ncn2[C@@H]2O[C@H](CNS(=O)(=O)N3CCCC3)[C@@H](O)[C@H]2O)c(=O)[nH]1. The zero-order chi connectivity index (χ0) is 20.1. The van der Waals surface area contributed by atoms with Gasteiger partial charge in [-0.1, -0.05) is 0 Å². The molecule has 14 heteroatoms. The summed E-state index contributed by atoms with van der Waals surface area (Å²) in [5.41, 5.74) is 5.08. The molecule has 0 aromatic carbocycles. The van der Waals surface area contributed by atoms with Crippen LogP contribution < -0.4 is 16.0 Å². The van der Waals surface area contributed by atoms with Crippen molar-refractivity contribution in [1.82, 2.24) is 28.5 Å². The number of H-pyrrole nitrogens is 1. The molecule has 0 spiro atoms. The van der Waals surface area contributed by atoms with Crippen LogP contribution in [0.25, 0.3) is 11.2 Å². The van der Waals surface area contributed by atoms with Crippen molar-refractivity contribution in [2.75, 3.05) is 25.4 Å². The minimum Gasteiger partial charge on any atom is -0.387 e. The van der Waals surface area contributed by atoms with Crippen LogP contribution in [0.1, 0.15) is 19.1 Å². The molecule has 28 heavy (non-hydrogen) atoms. The number of imidazole rings is 1. The monoisotopic (exact) mass is 415 g/mol. The predicted octanol–water partition coefficient (Wildman–Crippen LogP) is -2.75. The van der Waals surface area contributed by atoms with Crippen molar-refractivity contribution in [3.05, 3.63) is 16.7 Å². The van der Waals surface area contributed by atoms with Crippen LogP contribution in [0.3, 0.4) is 0 Å². The van der Waals surface area contributed by atoms with E-state index in [1.807, 2.05) is 0 Å². The van der Waals surface area contributed by atoms with Crippen LogP contribution in [-0.4, -0.2) is 80.4 Å². The number of hydrogen-bond donors (Lipinski definition) is 5. The number of nitrogens with two attached hydrogens (primary N) is 1. The van der Waals surface area contributed by atoms with Gasteiger partial charge < -0.3 is 20.7 Å². The second-order valence-electron chi connectivity index (χ2n) is 6.78. The number of nitrogens with zero attached hydrogens (tertiary/aromatic N) is 4. The molecular formula is C14H21N7O6S. The molecule has 0 unspecified atom stereocenters. The van der Waals surface area contributed by atoms with Gasteiger partial charge in [0.15, 0.2) is 17.4 Å². The van der Waals surface area contributed by atoms with E-state index in [1.165, 1.54) is 15.2 Å². The van der Waals surface area contributed by atoms with E-state index in [0.717, 1.165) is 12.8 Å². The Kier molecular flexibility index (Phi) is 4.84.